The lowest BCUT2D eigenvalue weighted by atomic mass is 10.1. The molecule has 0 aromatic carbocycles. The van der Waals surface area contributed by atoms with E-state index in [1.807, 2.05) is 13.8 Å². The van der Waals surface area contributed by atoms with Crippen LogP contribution in [0.25, 0.3) is 0 Å². The predicted molar refractivity (Wildman–Crippen MR) is 75.2 cm³/mol. The van der Waals surface area contributed by atoms with Crippen LogP contribution in [0.3, 0.4) is 0 Å². The standard InChI is InChI=1S/C13H18N6O/c1-8(2)9-7-10(19-13(14)18-9)12(20)17-4-3-11-15-5-6-16-11/h5-8H,3-4H2,1-2H3,(H,15,16)(H,17,20)(H2,14,18,19). The van der Waals surface area contributed by atoms with Crippen LogP contribution in [0.1, 0.15) is 41.8 Å². The van der Waals surface area contributed by atoms with Crippen molar-refractivity contribution < 1.29 is 4.79 Å². The molecule has 0 aliphatic carbocycles. The summed E-state index contributed by atoms with van der Waals surface area (Å²) in [6.45, 7) is 4.45. The van der Waals surface area contributed by atoms with Crippen molar-refractivity contribution >= 4 is 11.9 Å². The van der Waals surface area contributed by atoms with E-state index < -0.39 is 0 Å². The third kappa shape index (κ3) is 3.53. The fraction of sp³-hybridized carbons (Fsp3) is 0.385. The highest BCUT2D eigenvalue weighted by Crippen LogP contribution is 2.13. The molecule has 0 aliphatic rings. The van der Waals surface area contributed by atoms with Crippen LogP contribution < -0.4 is 11.1 Å². The van der Waals surface area contributed by atoms with Gasteiger partial charge in [0.05, 0.1) is 0 Å². The van der Waals surface area contributed by atoms with Gasteiger partial charge in [-0.3, -0.25) is 4.79 Å². The predicted octanol–water partition coefficient (Wildman–Crippen LogP) is 0.878. The number of nitrogen functional groups attached to an aromatic ring is 1. The smallest absolute Gasteiger partial charge is 0.270 e. The second-order valence-electron chi connectivity index (χ2n) is 4.73. The molecule has 7 heteroatoms. The number of rotatable bonds is 5. The maximum Gasteiger partial charge on any atom is 0.270 e. The SMILES string of the molecule is CC(C)c1cc(C(=O)NCCc2ncc[nH]2)nc(N)n1. The van der Waals surface area contributed by atoms with Crippen molar-refractivity contribution in [2.24, 2.45) is 0 Å². The number of nitrogens with zero attached hydrogens (tertiary/aromatic N) is 3. The Bertz CT molecular complexity index is 579. The van der Waals surface area contributed by atoms with Crippen LogP contribution >= 0.6 is 0 Å². The van der Waals surface area contributed by atoms with E-state index in [0.29, 0.717) is 18.7 Å². The molecule has 2 rings (SSSR count). The van der Waals surface area contributed by atoms with Gasteiger partial charge in [0.2, 0.25) is 5.95 Å². The number of H-pyrrole nitrogens is 1. The van der Waals surface area contributed by atoms with Crippen molar-refractivity contribution in [1.82, 2.24) is 25.3 Å². The summed E-state index contributed by atoms with van der Waals surface area (Å²) in [7, 11) is 0. The number of aromatic amines is 1. The number of anilines is 1. The van der Waals surface area contributed by atoms with Crippen molar-refractivity contribution in [3.63, 3.8) is 0 Å². The Hall–Kier alpha value is -2.44. The lowest BCUT2D eigenvalue weighted by molar-refractivity contribution is 0.0949. The summed E-state index contributed by atoms with van der Waals surface area (Å²) in [6, 6.07) is 1.67. The summed E-state index contributed by atoms with van der Waals surface area (Å²) in [4.78, 5) is 27.1. The second kappa shape index (κ2) is 6.14. The van der Waals surface area contributed by atoms with Crippen LogP contribution in [-0.2, 0) is 6.42 Å². The molecule has 1 amide bonds. The normalized spacial score (nSPS) is 10.8. The highest BCUT2D eigenvalue weighted by molar-refractivity contribution is 5.92. The topological polar surface area (TPSA) is 110 Å². The van der Waals surface area contributed by atoms with Crippen molar-refractivity contribution in [2.75, 3.05) is 12.3 Å². The number of carbonyl (C=O) groups excluding carboxylic acids is 1. The molecule has 0 aliphatic heterocycles. The number of carbonyl (C=O) groups is 1. The van der Waals surface area contributed by atoms with Crippen LogP contribution in [0.5, 0.6) is 0 Å². The monoisotopic (exact) mass is 274 g/mol. The maximum absolute atomic E-state index is 12.0. The average Bonchev–Trinajstić information content (AvgIpc) is 2.91. The van der Waals surface area contributed by atoms with E-state index in [9.17, 15) is 4.79 Å². The Balaban J connectivity index is 1.98. The number of amides is 1. The molecule has 0 unspecified atom stereocenters. The first-order valence-corrected chi connectivity index (χ1v) is 6.47. The van der Waals surface area contributed by atoms with E-state index in [0.717, 1.165) is 11.5 Å². The summed E-state index contributed by atoms with van der Waals surface area (Å²) < 4.78 is 0. The molecule has 106 valence electrons. The number of aromatic nitrogens is 4. The van der Waals surface area contributed by atoms with Crippen LogP contribution in [0.4, 0.5) is 5.95 Å². The number of nitrogens with two attached hydrogens (primary N) is 1. The minimum atomic E-state index is -0.257. The first-order chi connectivity index (χ1) is 9.56. The van der Waals surface area contributed by atoms with Gasteiger partial charge in [-0.2, -0.15) is 0 Å². The van der Waals surface area contributed by atoms with Gasteiger partial charge in [0, 0.05) is 31.1 Å². The third-order valence-corrected chi connectivity index (χ3v) is 2.79. The Labute approximate surface area is 117 Å². The highest BCUT2D eigenvalue weighted by Gasteiger charge is 2.12. The molecule has 0 atom stereocenters. The molecule has 2 aromatic rings. The maximum atomic E-state index is 12.0. The zero-order valence-electron chi connectivity index (χ0n) is 11.6. The third-order valence-electron chi connectivity index (χ3n) is 2.79. The van der Waals surface area contributed by atoms with E-state index >= 15 is 0 Å². The van der Waals surface area contributed by atoms with Crippen molar-refractivity contribution in [3.05, 3.63) is 35.7 Å². The molecule has 0 fully saturated rings. The molecule has 20 heavy (non-hydrogen) atoms. The van der Waals surface area contributed by atoms with Gasteiger partial charge in [-0.05, 0) is 12.0 Å². The van der Waals surface area contributed by atoms with Gasteiger partial charge in [-0.1, -0.05) is 13.8 Å². The molecule has 0 spiro atoms. The molecule has 0 saturated heterocycles. The number of hydrogen-bond donors (Lipinski definition) is 3. The second-order valence-corrected chi connectivity index (χ2v) is 4.73. The summed E-state index contributed by atoms with van der Waals surface area (Å²) in [5.74, 6) is 0.880. The summed E-state index contributed by atoms with van der Waals surface area (Å²) >= 11 is 0. The van der Waals surface area contributed by atoms with E-state index in [4.69, 9.17) is 5.73 Å². The summed E-state index contributed by atoms with van der Waals surface area (Å²) in [5, 5.41) is 2.79. The van der Waals surface area contributed by atoms with Gasteiger partial charge in [-0.15, -0.1) is 0 Å². The van der Waals surface area contributed by atoms with Crippen LogP contribution in [-0.4, -0.2) is 32.4 Å². The summed E-state index contributed by atoms with van der Waals surface area (Å²) in [5.41, 5.74) is 6.67. The quantitative estimate of drug-likeness (QED) is 0.749. The number of hydrogen-bond acceptors (Lipinski definition) is 5. The Morgan fingerprint density at radius 1 is 1.45 bits per heavy atom. The first kappa shape index (κ1) is 14.0. The van der Waals surface area contributed by atoms with Gasteiger partial charge < -0.3 is 16.0 Å². The molecule has 0 radical (unpaired) electrons. The van der Waals surface area contributed by atoms with Gasteiger partial charge in [0.25, 0.3) is 5.91 Å². The molecule has 0 bridgehead atoms. The molecule has 7 nitrogen and oxygen atoms in total. The number of imidazole rings is 1. The van der Waals surface area contributed by atoms with Crippen LogP contribution in [0.15, 0.2) is 18.5 Å². The van der Waals surface area contributed by atoms with Gasteiger partial charge in [0.1, 0.15) is 11.5 Å². The zero-order chi connectivity index (χ0) is 14.5. The van der Waals surface area contributed by atoms with Crippen molar-refractivity contribution in [2.45, 2.75) is 26.2 Å². The Morgan fingerprint density at radius 2 is 2.25 bits per heavy atom. The van der Waals surface area contributed by atoms with Crippen molar-refractivity contribution in [1.29, 1.82) is 0 Å². The first-order valence-electron chi connectivity index (χ1n) is 6.47. The summed E-state index contributed by atoms with van der Waals surface area (Å²) in [6.07, 6.45) is 4.06. The molecule has 4 N–H and O–H groups in total. The van der Waals surface area contributed by atoms with Gasteiger partial charge in [0.15, 0.2) is 0 Å². The Morgan fingerprint density at radius 3 is 2.90 bits per heavy atom. The van der Waals surface area contributed by atoms with E-state index in [2.05, 4.69) is 25.3 Å². The molecule has 0 saturated carbocycles. The molecular weight excluding hydrogens is 256 g/mol. The fourth-order valence-electron chi connectivity index (χ4n) is 1.72. The molecule has 2 aromatic heterocycles. The van der Waals surface area contributed by atoms with Crippen molar-refractivity contribution in [3.8, 4) is 0 Å². The van der Waals surface area contributed by atoms with Crippen LogP contribution in [0.2, 0.25) is 0 Å². The fourth-order valence-corrected chi connectivity index (χ4v) is 1.72. The van der Waals surface area contributed by atoms with Gasteiger partial charge >= 0.3 is 0 Å². The zero-order valence-corrected chi connectivity index (χ0v) is 11.6. The lowest BCUT2D eigenvalue weighted by Gasteiger charge is -2.08. The number of nitrogens with one attached hydrogen (secondary N) is 2. The highest BCUT2D eigenvalue weighted by atomic mass is 16.1. The van der Waals surface area contributed by atoms with Crippen LogP contribution in [0, 0.1) is 0 Å². The molecule has 2 heterocycles. The molecular formula is C13H18N6O. The van der Waals surface area contributed by atoms with E-state index in [-0.39, 0.29) is 17.8 Å². The average molecular weight is 274 g/mol. The van der Waals surface area contributed by atoms with E-state index in [1.54, 1.807) is 18.5 Å². The lowest BCUT2D eigenvalue weighted by Crippen LogP contribution is -2.27. The Kier molecular flexibility index (Phi) is 4.29. The minimum absolute atomic E-state index is 0.118. The van der Waals surface area contributed by atoms with E-state index in [1.165, 1.54) is 0 Å². The van der Waals surface area contributed by atoms with Gasteiger partial charge in [-0.25, -0.2) is 15.0 Å². The minimum Gasteiger partial charge on any atom is -0.368 e. The largest absolute Gasteiger partial charge is 0.368 e.